The Morgan fingerprint density at radius 3 is 2.70 bits per heavy atom. The Balaban J connectivity index is 1.69. The summed E-state index contributed by atoms with van der Waals surface area (Å²) in [4.78, 5) is 18.6. The normalized spacial score (nSPS) is 23.6. The fourth-order valence-electron chi connectivity index (χ4n) is 3.62. The number of halogens is 2. The molecule has 6 nitrogen and oxygen atoms in total. The standard InChI is InChI=1S/C20H18ClFN2O4S2/c1-28-17-7-4-13(21)9-15(17)24-16-10-30(26,27)11-18(16)29-20(24)23-19(25)8-12-2-5-14(22)6-3-12/h2-7,9,16,18H,8,10-11H2,1H3/t16-,18-/m0/s1. The van der Waals surface area contributed by atoms with Gasteiger partial charge in [0, 0.05) is 10.3 Å². The molecule has 0 unspecified atom stereocenters. The second kappa shape index (κ2) is 8.20. The van der Waals surface area contributed by atoms with Crippen LogP contribution >= 0.6 is 23.4 Å². The predicted molar refractivity (Wildman–Crippen MR) is 117 cm³/mol. The molecular formula is C20H18ClFN2O4S2. The summed E-state index contributed by atoms with van der Waals surface area (Å²) in [5, 5.41) is 0.626. The van der Waals surface area contributed by atoms with E-state index in [0.29, 0.717) is 27.2 Å². The monoisotopic (exact) mass is 468 g/mol. The molecule has 0 aromatic heterocycles. The van der Waals surface area contributed by atoms with Gasteiger partial charge in [-0.2, -0.15) is 4.99 Å². The van der Waals surface area contributed by atoms with Gasteiger partial charge in [-0.25, -0.2) is 12.8 Å². The van der Waals surface area contributed by atoms with Gasteiger partial charge in [0.15, 0.2) is 15.0 Å². The highest BCUT2D eigenvalue weighted by Gasteiger charge is 2.50. The lowest BCUT2D eigenvalue weighted by Gasteiger charge is -2.26. The maximum absolute atomic E-state index is 13.1. The minimum atomic E-state index is -3.19. The molecule has 2 aliphatic rings. The van der Waals surface area contributed by atoms with E-state index in [9.17, 15) is 17.6 Å². The van der Waals surface area contributed by atoms with Crippen LogP contribution in [0.5, 0.6) is 5.75 Å². The number of aliphatic imine (C=N–C) groups is 1. The van der Waals surface area contributed by atoms with Crippen LogP contribution in [0.15, 0.2) is 47.5 Å². The highest BCUT2D eigenvalue weighted by Crippen LogP contribution is 2.44. The number of amidine groups is 1. The molecular weight excluding hydrogens is 451 g/mol. The van der Waals surface area contributed by atoms with Crippen molar-refractivity contribution in [2.24, 2.45) is 4.99 Å². The number of carbonyl (C=O) groups is 1. The molecule has 30 heavy (non-hydrogen) atoms. The Morgan fingerprint density at radius 2 is 2.00 bits per heavy atom. The number of hydrogen-bond acceptors (Lipinski definition) is 5. The van der Waals surface area contributed by atoms with Gasteiger partial charge in [0.05, 0.1) is 36.8 Å². The average molecular weight is 469 g/mol. The molecule has 2 heterocycles. The van der Waals surface area contributed by atoms with Crippen molar-refractivity contribution in [2.75, 3.05) is 23.5 Å². The number of hydrogen-bond donors (Lipinski definition) is 0. The SMILES string of the molecule is COc1ccc(Cl)cc1N1C(=NC(=O)Cc2ccc(F)cc2)S[C@H]2CS(=O)(=O)C[C@@H]21. The van der Waals surface area contributed by atoms with Crippen LogP contribution in [-0.4, -0.2) is 49.4 Å². The van der Waals surface area contributed by atoms with Crippen molar-refractivity contribution >= 4 is 50.0 Å². The van der Waals surface area contributed by atoms with Gasteiger partial charge in [-0.1, -0.05) is 35.5 Å². The van der Waals surface area contributed by atoms with Crippen LogP contribution < -0.4 is 9.64 Å². The summed E-state index contributed by atoms with van der Waals surface area (Å²) >= 11 is 7.45. The minimum Gasteiger partial charge on any atom is -0.495 e. The van der Waals surface area contributed by atoms with Crippen molar-refractivity contribution in [3.05, 3.63) is 58.9 Å². The first-order chi connectivity index (χ1) is 14.3. The summed E-state index contributed by atoms with van der Waals surface area (Å²) in [5.41, 5.74) is 1.21. The van der Waals surface area contributed by atoms with Crippen LogP contribution in [0.4, 0.5) is 10.1 Å². The topological polar surface area (TPSA) is 76.0 Å². The number of ether oxygens (including phenoxy) is 1. The van der Waals surface area contributed by atoms with E-state index < -0.39 is 15.7 Å². The molecule has 0 aliphatic carbocycles. The molecule has 0 spiro atoms. The van der Waals surface area contributed by atoms with E-state index in [-0.39, 0.29) is 35.0 Å². The van der Waals surface area contributed by atoms with E-state index in [1.807, 2.05) is 0 Å². The van der Waals surface area contributed by atoms with Crippen molar-refractivity contribution in [3.8, 4) is 5.75 Å². The summed E-state index contributed by atoms with van der Waals surface area (Å²) in [7, 11) is -1.68. The third-order valence-electron chi connectivity index (χ3n) is 4.96. The van der Waals surface area contributed by atoms with Crippen LogP contribution in [0, 0.1) is 5.82 Å². The van der Waals surface area contributed by atoms with E-state index in [1.165, 1.54) is 43.1 Å². The van der Waals surface area contributed by atoms with Crippen molar-refractivity contribution in [3.63, 3.8) is 0 Å². The number of anilines is 1. The van der Waals surface area contributed by atoms with Crippen LogP contribution in [0.25, 0.3) is 0 Å². The zero-order valence-electron chi connectivity index (χ0n) is 15.9. The number of nitrogens with zero attached hydrogens (tertiary/aromatic N) is 2. The molecule has 0 radical (unpaired) electrons. The second-order valence-corrected chi connectivity index (χ2v) is 10.9. The summed E-state index contributed by atoms with van der Waals surface area (Å²) in [6, 6.07) is 10.3. The fraction of sp³-hybridized carbons (Fsp3) is 0.300. The second-order valence-electron chi connectivity index (χ2n) is 7.08. The summed E-state index contributed by atoms with van der Waals surface area (Å²) in [6.45, 7) is 0. The number of amides is 1. The van der Waals surface area contributed by atoms with Crippen molar-refractivity contribution in [2.45, 2.75) is 17.7 Å². The Bertz CT molecular complexity index is 1120. The summed E-state index contributed by atoms with van der Waals surface area (Å²) < 4.78 is 42.9. The van der Waals surface area contributed by atoms with Gasteiger partial charge >= 0.3 is 0 Å². The van der Waals surface area contributed by atoms with E-state index in [1.54, 1.807) is 23.1 Å². The van der Waals surface area contributed by atoms with Gasteiger partial charge in [0.2, 0.25) is 0 Å². The third-order valence-corrected chi connectivity index (χ3v) is 8.40. The number of carbonyl (C=O) groups excluding carboxylic acids is 1. The number of fused-ring (bicyclic) bond motifs is 1. The molecule has 0 N–H and O–H groups in total. The van der Waals surface area contributed by atoms with E-state index in [0.717, 1.165) is 0 Å². The first-order valence-corrected chi connectivity index (χ1v) is 12.2. The maximum atomic E-state index is 13.1. The van der Waals surface area contributed by atoms with E-state index in [2.05, 4.69) is 4.99 Å². The van der Waals surface area contributed by atoms with Gasteiger partial charge in [-0.05, 0) is 35.9 Å². The molecule has 0 bridgehead atoms. The largest absolute Gasteiger partial charge is 0.495 e. The lowest BCUT2D eigenvalue weighted by Crippen LogP contribution is -2.38. The Hall–Kier alpha value is -2.10. The predicted octanol–water partition coefficient (Wildman–Crippen LogP) is 3.33. The smallest absolute Gasteiger partial charge is 0.252 e. The summed E-state index contributed by atoms with van der Waals surface area (Å²) in [5.74, 6) is -0.294. The van der Waals surface area contributed by atoms with Gasteiger partial charge < -0.3 is 9.64 Å². The molecule has 2 aromatic carbocycles. The molecule has 0 saturated carbocycles. The maximum Gasteiger partial charge on any atom is 0.252 e. The van der Waals surface area contributed by atoms with Crippen LogP contribution in [0.1, 0.15) is 5.56 Å². The lowest BCUT2D eigenvalue weighted by molar-refractivity contribution is -0.117. The molecule has 4 rings (SSSR count). The Morgan fingerprint density at radius 1 is 1.27 bits per heavy atom. The molecule has 2 aliphatic heterocycles. The average Bonchev–Trinajstić information content (AvgIpc) is 3.14. The first kappa shape index (κ1) is 21.1. The zero-order chi connectivity index (χ0) is 21.5. The highest BCUT2D eigenvalue weighted by atomic mass is 35.5. The Kier molecular flexibility index (Phi) is 5.78. The number of methoxy groups -OCH3 is 1. The molecule has 2 atom stereocenters. The van der Waals surface area contributed by atoms with Gasteiger partial charge in [-0.15, -0.1) is 0 Å². The fourth-order valence-corrected chi connectivity index (χ4v) is 7.71. The van der Waals surface area contributed by atoms with Crippen LogP contribution in [-0.2, 0) is 21.1 Å². The third kappa shape index (κ3) is 4.33. The van der Waals surface area contributed by atoms with Crippen molar-refractivity contribution in [1.29, 1.82) is 0 Å². The zero-order valence-corrected chi connectivity index (χ0v) is 18.3. The van der Waals surface area contributed by atoms with E-state index >= 15 is 0 Å². The van der Waals surface area contributed by atoms with Crippen LogP contribution in [0.3, 0.4) is 0 Å². The van der Waals surface area contributed by atoms with Gasteiger partial charge in [0.1, 0.15) is 11.6 Å². The molecule has 1 amide bonds. The van der Waals surface area contributed by atoms with Crippen molar-refractivity contribution in [1.82, 2.24) is 0 Å². The van der Waals surface area contributed by atoms with Crippen molar-refractivity contribution < 1.29 is 22.3 Å². The number of sulfone groups is 1. The molecule has 2 saturated heterocycles. The van der Waals surface area contributed by atoms with E-state index in [4.69, 9.17) is 16.3 Å². The molecule has 158 valence electrons. The molecule has 10 heteroatoms. The van der Waals surface area contributed by atoms with Gasteiger partial charge in [-0.3, -0.25) is 4.79 Å². The molecule has 2 fully saturated rings. The number of thioether (sulfide) groups is 1. The Labute approximate surface area is 183 Å². The molecule has 2 aromatic rings. The highest BCUT2D eigenvalue weighted by molar-refractivity contribution is 8.16. The minimum absolute atomic E-state index is 0.0124. The van der Waals surface area contributed by atoms with Gasteiger partial charge in [0.25, 0.3) is 5.91 Å². The van der Waals surface area contributed by atoms with Crippen LogP contribution in [0.2, 0.25) is 5.02 Å². The number of rotatable bonds is 4. The quantitative estimate of drug-likeness (QED) is 0.685. The summed E-state index contributed by atoms with van der Waals surface area (Å²) in [6.07, 6.45) is 0.0124. The lowest BCUT2D eigenvalue weighted by atomic mass is 10.1. The first-order valence-electron chi connectivity index (χ1n) is 9.11. The number of benzene rings is 2.